The van der Waals surface area contributed by atoms with E-state index in [4.69, 9.17) is 0 Å². The zero-order valence-corrected chi connectivity index (χ0v) is 15.0. The van der Waals surface area contributed by atoms with E-state index in [1.54, 1.807) is 0 Å². The highest BCUT2D eigenvalue weighted by molar-refractivity contribution is 5.89. The smallest absolute Gasteiger partial charge is 0.321 e. The molecule has 1 N–H and O–H groups in total. The van der Waals surface area contributed by atoms with Crippen LogP contribution < -0.4 is 5.32 Å². The minimum atomic E-state index is -0.0294. The summed E-state index contributed by atoms with van der Waals surface area (Å²) in [7, 11) is 0. The van der Waals surface area contributed by atoms with Crippen LogP contribution >= 0.6 is 0 Å². The van der Waals surface area contributed by atoms with Gasteiger partial charge in [0.05, 0.1) is 0 Å². The molecule has 3 rings (SSSR count). The summed E-state index contributed by atoms with van der Waals surface area (Å²) in [5.41, 5.74) is 0.829. The Balaban J connectivity index is 1.44. The molecule has 2 aliphatic heterocycles. The zero-order valence-electron chi connectivity index (χ0n) is 15.0. The molecular weight excluding hydrogens is 314 g/mol. The molecule has 0 aromatic heterocycles. The largest absolute Gasteiger partial charge is 0.343 e. The summed E-state index contributed by atoms with van der Waals surface area (Å²) in [6.07, 6.45) is 7.18. The second-order valence-corrected chi connectivity index (χ2v) is 7.23. The average Bonchev–Trinajstić information content (AvgIpc) is 2.68. The number of carbonyl (C=O) groups excluding carboxylic acids is 2. The number of nitrogens with zero attached hydrogens (tertiary/aromatic N) is 2. The molecule has 5 heteroatoms. The number of hydrogen-bond donors (Lipinski definition) is 1. The topological polar surface area (TPSA) is 52.7 Å². The summed E-state index contributed by atoms with van der Waals surface area (Å²) in [6.45, 7) is 3.41. The fourth-order valence-corrected chi connectivity index (χ4v) is 3.84. The number of hydrogen-bond acceptors (Lipinski definition) is 2. The third kappa shape index (κ3) is 5.21. The molecule has 2 heterocycles. The van der Waals surface area contributed by atoms with E-state index in [1.807, 2.05) is 40.1 Å². The first-order valence-corrected chi connectivity index (χ1v) is 9.61. The van der Waals surface area contributed by atoms with Gasteiger partial charge in [0.25, 0.3) is 0 Å². The van der Waals surface area contributed by atoms with Gasteiger partial charge in [0.1, 0.15) is 0 Å². The summed E-state index contributed by atoms with van der Waals surface area (Å²) in [6, 6.07) is 9.54. The molecule has 0 unspecified atom stereocenters. The van der Waals surface area contributed by atoms with Crippen molar-refractivity contribution in [3.63, 3.8) is 0 Å². The van der Waals surface area contributed by atoms with Crippen LogP contribution in [0.3, 0.4) is 0 Å². The first-order chi connectivity index (χ1) is 12.2. The highest BCUT2D eigenvalue weighted by Crippen LogP contribution is 2.23. The predicted molar refractivity (Wildman–Crippen MR) is 99.4 cm³/mol. The van der Waals surface area contributed by atoms with Gasteiger partial charge in [-0.2, -0.15) is 0 Å². The highest BCUT2D eigenvalue weighted by atomic mass is 16.2. The van der Waals surface area contributed by atoms with Crippen molar-refractivity contribution in [1.29, 1.82) is 0 Å². The van der Waals surface area contributed by atoms with Crippen molar-refractivity contribution in [3.8, 4) is 0 Å². The molecule has 1 aromatic carbocycles. The predicted octanol–water partition coefficient (Wildman–Crippen LogP) is 3.72. The zero-order chi connectivity index (χ0) is 17.5. The summed E-state index contributed by atoms with van der Waals surface area (Å²) < 4.78 is 0. The molecule has 0 aliphatic carbocycles. The van der Waals surface area contributed by atoms with E-state index in [0.29, 0.717) is 18.2 Å². The van der Waals surface area contributed by atoms with Gasteiger partial charge in [-0.25, -0.2) is 4.79 Å². The second kappa shape index (κ2) is 8.88. The lowest BCUT2D eigenvalue weighted by Gasteiger charge is -2.33. The Labute approximate surface area is 150 Å². The van der Waals surface area contributed by atoms with Crippen molar-refractivity contribution < 1.29 is 9.59 Å². The molecular formula is C20H29N3O2. The lowest BCUT2D eigenvalue weighted by molar-refractivity contribution is -0.132. The molecule has 2 fully saturated rings. The maximum atomic E-state index is 12.4. The molecule has 1 aromatic rings. The second-order valence-electron chi connectivity index (χ2n) is 7.23. The van der Waals surface area contributed by atoms with Crippen LogP contribution in [0.15, 0.2) is 30.3 Å². The average molecular weight is 343 g/mol. The summed E-state index contributed by atoms with van der Waals surface area (Å²) in [4.78, 5) is 28.7. The number of urea groups is 1. The fraction of sp³-hybridized carbons (Fsp3) is 0.600. The van der Waals surface area contributed by atoms with E-state index < -0.39 is 0 Å². The molecule has 0 spiro atoms. The van der Waals surface area contributed by atoms with Crippen molar-refractivity contribution in [2.75, 3.05) is 31.5 Å². The van der Waals surface area contributed by atoms with Crippen LogP contribution in [-0.2, 0) is 4.79 Å². The normalized spacial score (nSPS) is 21.0. The van der Waals surface area contributed by atoms with Gasteiger partial charge in [-0.05, 0) is 56.6 Å². The Morgan fingerprint density at radius 1 is 0.960 bits per heavy atom. The van der Waals surface area contributed by atoms with Gasteiger partial charge in [-0.1, -0.05) is 18.2 Å². The van der Waals surface area contributed by atoms with Crippen molar-refractivity contribution in [1.82, 2.24) is 9.80 Å². The lowest BCUT2D eigenvalue weighted by atomic mass is 9.93. The number of carbonyl (C=O) groups is 2. The van der Waals surface area contributed by atoms with Crippen molar-refractivity contribution in [2.24, 2.45) is 5.92 Å². The number of benzene rings is 1. The monoisotopic (exact) mass is 343 g/mol. The van der Waals surface area contributed by atoms with Gasteiger partial charge < -0.3 is 15.1 Å². The molecule has 5 nitrogen and oxygen atoms in total. The van der Waals surface area contributed by atoms with E-state index in [-0.39, 0.29) is 6.03 Å². The molecule has 3 amide bonds. The SMILES string of the molecule is O=C(CC[C@@H]1CCCN(C(=O)Nc2ccccc2)C1)N1CCCCC1. The van der Waals surface area contributed by atoms with Crippen molar-refractivity contribution in [3.05, 3.63) is 30.3 Å². The summed E-state index contributed by atoms with van der Waals surface area (Å²) in [5.74, 6) is 0.731. The number of amides is 3. The van der Waals surface area contributed by atoms with E-state index in [1.165, 1.54) is 6.42 Å². The van der Waals surface area contributed by atoms with Crippen LogP contribution in [0, 0.1) is 5.92 Å². The quantitative estimate of drug-likeness (QED) is 0.906. The lowest BCUT2D eigenvalue weighted by Crippen LogP contribution is -2.42. The van der Waals surface area contributed by atoms with E-state index in [9.17, 15) is 9.59 Å². The van der Waals surface area contributed by atoms with Crippen LogP contribution in [0.1, 0.15) is 44.9 Å². The van der Waals surface area contributed by atoms with Gasteiger partial charge in [0.15, 0.2) is 0 Å². The standard InChI is InChI=1S/C20H29N3O2/c24-19(22-13-5-2-6-14-22)12-11-17-8-7-15-23(16-17)20(25)21-18-9-3-1-4-10-18/h1,3-4,9-10,17H,2,5-8,11-16H2,(H,21,25)/t17-/m0/s1. The first kappa shape index (κ1) is 17.8. The molecule has 0 bridgehead atoms. The molecule has 25 heavy (non-hydrogen) atoms. The van der Waals surface area contributed by atoms with Crippen LogP contribution in [-0.4, -0.2) is 47.9 Å². The number of nitrogens with one attached hydrogen (secondary N) is 1. The van der Waals surface area contributed by atoms with E-state index >= 15 is 0 Å². The van der Waals surface area contributed by atoms with Crippen LogP contribution in [0.4, 0.5) is 10.5 Å². The Bertz CT molecular complexity index is 570. The molecule has 0 radical (unpaired) electrons. The Morgan fingerprint density at radius 3 is 2.44 bits per heavy atom. The number of rotatable bonds is 4. The number of piperidine rings is 2. The molecule has 0 saturated carbocycles. The number of anilines is 1. The minimum absolute atomic E-state index is 0.0294. The summed E-state index contributed by atoms with van der Waals surface area (Å²) >= 11 is 0. The molecule has 2 aliphatic rings. The van der Waals surface area contributed by atoms with Gasteiger partial charge >= 0.3 is 6.03 Å². The maximum Gasteiger partial charge on any atom is 0.321 e. The van der Waals surface area contributed by atoms with Crippen LogP contribution in [0.2, 0.25) is 0 Å². The van der Waals surface area contributed by atoms with Crippen molar-refractivity contribution >= 4 is 17.6 Å². The van der Waals surface area contributed by atoms with Gasteiger partial charge in [0, 0.05) is 38.3 Å². The molecule has 1 atom stereocenters. The maximum absolute atomic E-state index is 12.4. The molecule has 136 valence electrons. The Kier molecular flexibility index (Phi) is 6.31. The van der Waals surface area contributed by atoms with Crippen LogP contribution in [0.25, 0.3) is 0 Å². The van der Waals surface area contributed by atoms with Gasteiger partial charge in [-0.15, -0.1) is 0 Å². The highest BCUT2D eigenvalue weighted by Gasteiger charge is 2.25. The van der Waals surface area contributed by atoms with E-state index in [0.717, 1.165) is 64.0 Å². The third-order valence-electron chi connectivity index (χ3n) is 5.31. The first-order valence-electron chi connectivity index (χ1n) is 9.61. The number of likely N-dealkylation sites (tertiary alicyclic amines) is 2. The third-order valence-corrected chi connectivity index (χ3v) is 5.31. The van der Waals surface area contributed by atoms with Gasteiger partial charge in [0.2, 0.25) is 5.91 Å². The van der Waals surface area contributed by atoms with E-state index in [2.05, 4.69) is 5.32 Å². The summed E-state index contributed by atoms with van der Waals surface area (Å²) in [5, 5.41) is 2.96. The van der Waals surface area contributed by atoms with Crippen LogP contribution in [0.5, 0.6) is 0 Å². The fourth-order valence-electron chi connectivity index (χ4n) is 3.84. The number of para-hydroxylation sites is 1. The van der Waals surface area contributed by atoms with Gasteiger partial charge in [-0.3, -0.25) is 4.79 Å². The Morgan fingerprint density at radius 2 is 1.68 bits per heavy atom. The Hall–Kier alpha value is -2.04. The minimum Gasteiger partial charge on any atom is -0.343 e. The molecule has 2 saturated heterocycles. The van der Waals surface area contributed by atoms with Crippen molar-refractivity contribution in [2.45, 2.75) is 44.9 Å².